The molecule has 2 aliphatic heterocycles. The number of amides is 2. The predicted molar refractivity (Wildman–Crippen MR) is 134 cm³/mol. The summed E-state index contributed by atoms with van der Waals surface area (Å²) in [6.45, 7) is 4.32. The Morgan fingerprint density at radius 1 is 1.09 bits per heavy atom. The smallest absolute Gasteiger partial charge is 0.322 e. The minimum atomic E-state index is -0.292. The molecule has 0 atom stereocenters. The summed E-state index contributed by atoms with van der Waals surface area (Å²) in [5.41, 5.74) is 2.76. The molecule has 1 saturated heterocycles. The number of carbonyl (C=O) groups is 1. The number of nitrogens with one attached hydrogen (secondary N) is 1. The van der Waals surface area contributed by atoms with Crippen molar-refractivity contribution in [3.05, 3.63) is 70.1 Å². The first-order valence-corrected chi connectivity index (χ1v) is 12.2. The first-order valence-electron chi connectivity index (χ1n) is 11.9. The van der Waals surface area contributed by atoms with Crippen molar-refractivity contribution in [3.8, 4) is 11.6 Å². The highest BCUT2D eigenvalue weighted by atomic mass is 35.5. The molecule has 0 unspecified atom stereocenters. The van der Waals surface area contributed by atoms with Crippen molar-refractivity contribution in [1.82, 2.24) is 14.9 Å². The second-order valence-electron chi connectivity index (χ2n) is 8.93. The lowest BCUT2D eigenvalue weighted by Gasteiger charge is -2.32. The van der Waals surface area contributed by atoms with Crippen molar-refractivity contribution in [2.24, 2.45) is 0 Å². The van der Waals surface area contributed by atoms with Crippen LogP contribution < -0.4 is 15.0 Å². The van der Waals surface area contributed by atoms with Crippen molar-refractivity contribution in [2.45, 2.75) is 39.2 Å². The zero-order valence-electron chi connectivity index (χ0n) is 19.6. The van der Waals surface area contributed by atoms with Crippen LogP contribution in [-0.4, -0.2) is 40.5 Å². The monoisotopic (exact) mass is 495 g/mol. The standard InChI is InChI=1S/C26H27ClFN5O2/c1-17-14-20(8-9-22(17)28)35-24-21-16-33(26(34)29-19-7-5-6-18(27)15-19)13-10-23(21)30-25(31-24)32-11-3-2-4-12-32/h5-9,14-15H,2-4,10-13,16H2,1H3,(H,29,34). The van der Waals surface area contributed by atoms with E-state index in [9.17, 15) is 9.18 Å². The van der Waals surface area contributed by atoms with Crippen LogP contribution in [0.25, 0.3) is 0 Å². The van der Waals surface area contributed by atoms with Gasteiger partial charge in [-0.25, -0.2) is 14.2 Å². The van der Waals surface area contributed by atoms with Gasteiger partial charge in [0.1, 0.15) is 11.6 Å². The molecule has 0 spiro atoms. The molecule has 2 aliphatic rings. The highest BCUT2D eigenvalue weighted by molar-refractivity contribution is 6.30. The molecule has 1 fully saturated rings. The van der Waals surface area contributed by atoms with Gasteiger partial charge in [0, 0.05) is 36.8 Å². The molecule has 1 N–H and O–H groups in total. The third-order valence-electron chi connectivity index (χ3n) is 6.36. The number of halogens is 2. The predicted octanol–water partition coefficient (Wildman–Crippen LogP) is 5.95. The molecule has 2 amide bonds. The molecule has 9 heteroatoms. The lowest BCUT2D eigenvalue weighted by Crippen LogP contribution is -2.40. The minimum absolute atomic E-state index is 0.235. The summed E-state index contributed by atoms with van der Waals surface area (Å²) in [4.78, 5) is 26.5. The topological polar surface area (TPSA) is 70.6 Å². The summed E-state index contributed by atoms with van der Waals surface area (Å²) < 4.78 is 20.0. The number of benzene rings is 2. The van der Waals surface area contributed by atoms with E-state index in [-0.39, 0.29) is 11.8 Å². The molecular weight excluding hydrogens is 469 g/mol. The van der Waals surface area contributed by atoms with Gasteiger partial charge >= 0.3 is 6.03 Å². The second kappa shape index (κ2) is 10.1. The van der Waals surface area contributed by atoms with E-state index < -0.39 is 0 Å². The van der Waals surface area contributed by atoms with Gasteiger partial charge in [-0.15, -0.1) is 0 Å². The van der Waals surface area contributed by atoms with Crippen LogP contribution in [0.15, 0.2) is 42.5 Å². The van der Waals surface area contributed by atoms with Crippen LogP contribution in [0.4, 0.5) is 20.8 Å². The molecular formula is C26H27ClFN5O2. The summed E-state index contributed by atoms with van der Waals surface area (Å²) in [5.74, 6) is 1.26. The van der Waals surface area contributed by atoms with Crippen molar-refractivity contribution in [2.75, 3.05) is 29.9 Å². The molecule has 3 heterocycles. The van der Waals surface area contributed by atoms with Crippen molar-refractivity contribution < 1.29 is 13.9 Å². The quantitative estimate of drug-likeness (QED) is 0.484. The maximum Gasteiger partial charge on any atom is 0.322 e. The van der Waals surface area contributed by atoms with Crippen LogP contribution in [-0.2, 0) is 13.0 Å². The number of aromatic nitrogens is 2. The molecule has 5 rings (SSSR count). The number of piperidine rings is 1. The highest BCUT2D eigenvalue weighted by Crippen LogP contribution is 2.33. The van der Waals surface area contributed by atoms with Gasteiger partial charge in [0.25, 0.3) is 0 Å². The fraction of sp³-hybridized carbons (Fsp3) is 0.346. The first kappa shape index (κ1) is 23.4. The van der Waals surface area contributed by atoms with E-state index >= 15 is 0 Å². The van der Waals surface area contributed by atoms with Gasteiger partial charge in [-0.1, -0.05) is 17.7 Å². The Morgan fingerprint density at radius 2 is 1.91 bits per heavy atom. The minimum Gasteiger partial charge on any atom is -0.438 e. The van der Waals surface area contributed by atoms with Gasteiger partial charge in [0.15, 0.2) is 0 Å². The van der Waals surface area contributed by atoms with E-state index in [2.05, 4.69) is 10.2 Å². The maximum atomic E-state index is 13.8. The van der Waals surface area contributed by atoms with E-state index in [4.69, 9.17) is 26.3 Å². The van der Waals surface area contributed by atoms with Crippen molar-refractivity contribution in [1.29, 1.82) is 0 Å². The Balaban J connectivity index is 1.44. The Kier molecular flexibility index (Phi) is 6.72. The summed E-state index contributed by atoms with van der Waals surface area (Å²) in [6, 6.07) is 11.4. The summed E-state index contributed by atoms with van der Waals surface area (Å²) in [7, 11) is 0. The van der Waals surface area contributed by atoms with Crippen LogP contribution in [0, 0.1) is 12.7 Å². The largest absolute Gasteiger partial charge is 0.438 e. The number of anilines is 2. The zero-order chi connectivity index (χ0) is 24.4. The second-order valence-corrected chi connectivity index (χ2v) is 9.36. The summed E-state index contributed by atoms with van der Waals surface area (Å²) in [6.07, 6.45) is 3.99. The molecule has 1 aromatic heterocycles. The van der Waals surface area contributed by atoms with Crippen molar-refractivity contribution in [3.63, 3.8) is 0 Å². The van der Waals surface area contributed by atoms with E-state index in [1.807, 2.05) is 0 Å². The third kappa shape index (κ3) is 5.32. The van der Waals surface area contributed by atoms with Crippen LogP contribution in [0.5, 0.6) is 11.6 Å². The number of hydrogen-bond acceptors (Lipinski definition) is 5. The lowest BCUT2D eigenvalue weighted by molar-refractivity contribution is 0.205. The SMILES string of the molecule is Cc1cc(Oc2nc(N3CCCCC3)nc3c2CN(C(=O)Nc2cccc(Cl)c2)CC3)ccc1F. The lowest BCUT2D eigenvalue weighted by atomic mass is 10.1. The number of rotatable bonds is 4. The van der Waals surface area contributed by atoms with Gasteiger partial charge in [0.2, 0.25) is 11.8 Å². The summed E-state index contributed by atoms with van der Waals surface area (Å²) in [5, 5.41) is 3.45. The van der Waals surface area contributed by atoms with E-state index in [0.717, 1.165) is 37.2 Å². The van der Waals surface area contributed by atoms with Gasteiger partial charge < -0.3 is 19.9 Å². The normalized spacial score (nSPS) is 15.5. The molecule has 0 bridgehead atoms. The number of nitrogens with zero attached hydrogens (tertiary/aromatic N) is 4. The number of fused-ring (bicyclic) bond motifs is 1. The third-order valence-corrected chi connectivity index (χ3v) is 6.59. The van der Waals surface area contributed by atoms with Crippen molar-refractivity contribution >= 4 is 29.3 Å². The fourth-order valence-corrected chi connectivity index (χ4v) is 4.62. The molecule has 0 saturated carbocycles. The van der Waals surface area contributed by atoms with Crippen LogP contribution in [0.1, 0.15) is 36.1 Å². The Hall–Kier alpha value is -3.39. The Bertz CT molecular complexity index is 1250. The number of carbonyl (C=O) groups excluding carboxylic acids is 1. The van der Waals surface area contributed by atoms with Gasteiger partial charge in [-0.05, 0) is 68.1 Å². The molecule has 2 aromatic carbocycles. The molecule has 0 aliphatic carbocycles. The fourth-order valence-electron chi connectivity index (χ4n) is 4.43. The van der Waals surface area contributed by atoms with E-state index in [1.54, 1.807) is 48.2 Å². The molecule has 7 nitrogen and oxygen atoms in total. The number of ether oxygens (including phenoxy) is 1. The number of aryl methyl sites for hydroxylation is 1. The van der Waals surface area contributed by atoms with E-state index in [1.165, 1.54) is 12.5 Å². The first-order chi connectivity index (χ1) is 17.0. The van der Waals surface area contributed by atoms with Gasteiger partial charge in [-0.2, -0.15) is 4.98 Å². The average molecular weight is 496 g/mol. The van der Waals surface area contributed by atoms with Crippen LogP contribution in [0.2, 0.25) is 5.02 Å². The Morgan fingerprint density at radius 3 is 2.69 bits per heavy atom. The van der Waals surface area contributed by atoms with Crippen LogP contribution >= 0.6 is 11.6 Å². The summed E-state index contributed by atoms with van der Waals surface area (Å²) >= 11 is 6.05. The average Bonchev–Trinajstić information content (AvgIpc) is 2.86. The van der Waals surface area contributed by atoms with Crippen LogP contribution in [0.3, 0.4) is 0 Å². The number of urea groups is 1. The molecule has 35 heavy (non-hydrogen) atoms. The maximum absolute atomic E-state index is 13.8. The molecule has 0 radical (unpaired) electrons. The number of hydrogen-bond donors (Lipinski definition) is 1. The zero-order valence-corrected chi connectivity index (χ0v) is 20.3. The van der Waals surface area contributed by atoms with Gasteiger partial charge in [-0.3, -0.25) is 0 Å². The highest BCUT2D eigenvalue weighted by Gasteiger charge is 2.28. The molecule has 182 valence electrons. The van der Waals surface area contributed by atoms with E-state index in [0.29, 0.717) is 53.4 Å². The Labute approximate surface area is 208 Å². The molecule has 3 aromatic rings. The van der Waals surface area contributed by atoms with Gasteiger partial charge in [0.05, 0.1) is 17.8 Å².